The Morgan fingerprint density at radius 1 is 1.41 bits per heavy atom. The van der Waals surface area contributed by atoms with Crippen LogP contribution >= 0.6 is 12.4 Å². The first-order valence-electron chi connectivity index (χ1n) is 7.50. The molecule has 7 heteroatoms. The summed E-state index contributed by atoms with van der Waals surface area (Å²) in [5, 5.41) is 0. The molecule has 0 amide bonds. The highest BCUT2D eigenvalue weighted by atomic mass is 35.5. The van der Waals surface area contributed by atoms with Crippen LogP contribution in [0.1, 0.15) is 25.3 Å². The Balaban J connectivity index is 0.00000176. The summed E-state index contributed by atoms with van der Waals surface area (Å²) in [7, 11) is -3.47. The lowest BCUT2D eigenvalue weighted by molar-refractivity contribution is 0.211. The van der Waals surface area contributed by atoms with E-state index in [9.17, 15) is 8.42 Å². The molecular weight excluding hydrogens is 324 g/mol. The third-order valence-electron chi connectivity index (χ3n) is 4.46. The number of rotatable bonds is 3. The van der Waals surface area contributed by atoms with Crippen molar-refractivity contribution >= 4 is 22.4 Å². The molecule has 0 spiro atoms. The van der Waals surface area contributed by atoms with Crippen molar-refractivity contribution in [1.29, 1.82) is 0 Å². The number of fused-ring (bicyclic) bond motifs is 1. The van der Waals surface area contributed by atoms with E-state index in [-0.39, 0.29) is 18.4 Å². The maximum atomic E-state index is 12.9. The van der Waals surface area contributed by atoms with Crippen LogP contribution in [0.25, 0.3) is 0 Å². The van der Waals surface area contributed by atoms with Gasteiger partial charge >= 0.3 is 0 Å². The molecule has 124 valence electrons. The molecule has 5 nitrogen and oxygen atoms in total. The molecule has 1 saturated heterocycles. The Morgan fingerprint density at radius 3 is 2.91 bits per heavy atom. The fourth-order valence-corrected chi connectivity index (χ4v) is 4.93. The van der Waals surface area contributed by atoms with Gasteiger partial charge in [0.05, 0.1) is 11.5 Å². The molecule has 0 aromatic heterocycles. The second kappa shape index (κ2) is 6.74. The van der Waals surface area contributed by atoms with Crippen molar-refractivity contribution in [1.82, 2.24) is 4.31 Å². The minimum Gasteiger partial charge on any atom is -0.493 e. The Bertz CT molecular complexity index is 636. The van der Waals surface area contributed by atoms with Crippen LogP contribution < -0.4 is 10.5 Å². The minimum atomic E-state index is -3.47. The summed E-state index contributed by atoms with van der Waals surface area (Å²) >= 11 is 0. The van der Waals surface area contributed by atoms with Gasteiger partial charge in [0, 0.05) is 25.6 Å². The van der Waals surface area contributed by atoms with E-state index in [1.807, 2.05) is 0 Å². The van der Waals surface area contributed by atoms with Gasteiger partial charge in [-0.3, -0.25) is 0 Å². The number of benzene rings is 1. The van der Waals surface area contributed by atoms with Crippen LogP contribution in [0.3, 0.4) is 0 Å². The van der Waals surface area contributed by atoms with E-state index in [1.54, 1.807) is 22.5 Å². The number of hydrogen-bond acceptors (Lipinski definition) is 4. The lowest BCUT2D eigenvalue weighted by Gasteiger charge is -2.36. The van der Waals surface area contributed by atoms with E-state index in [0.29, 0.717) is 30.5 Å². The first-order valence-corrected chi connectivity index (χ1v) is 8.94. The van der Waals surface area contributed by atoms with E-state index < -0.39 is 10.0 Å². The zero-order valence-electron chi connectivity index (χ0n) is 12.7. The van der Waals surface area contributed by atoms with Crippen LogP contribution in [0.4, 0.5) is 0 Å². The first kappa shape index (κ1) is 17.5. The number of nitrogens with two attached hydrogens (primary N) is 1. The van der Waals surface area contributed by atoms with Crippen LogP contribution in [0.5, 0.6) is 5.75 Å². The highest BCUT2D eigenvalue weighted by molar-refractivity contribution is 7.89. The number of nitrogens with zero attached hydrogens (tertiary/aromatic N) is 1. The van der Waals surface area contributed by atoms with Crippen molar-refractivity contribution in [2.45, 2.75) is 37.1 Å². The number of piperidine rings is 1. The Morgan fingerprint density at radius 2 is 2.18 bits per heavy atom. The predicted octanol–water partition coefficient (Wildman–Crippen LogP) is 1.79. The standard InChI is InChI=1S/C15H22N2O3S.ClH/c1-11-4-6-17(13(8-11)10-16)21(18,19)14-2-3-15-12(9-14)5-7-20-15;/h2-3,9,11,13H,4-8,10,16H2,1H3;1H. The van der Waals surface area contributed by atoms with Gasteiger partial charge in [-0.15, -0.1) is 12.4 Å². The van der Waals surface area contributed by atoms with Crippen LogP contribution in [0.15, 0.2) is 23.1 Å². The third-order valence-corrected chi connectivity index (χ3v) is 6.41. The summed E-state index contributed by atoms with van der Waals surface area (Å²) in [5.41, 5.74) is 6.77. The number of hydrogen-bond donors (Lipinski definition) is 1. The van der Waals surface area contributed by atoms with Gasteiger partial charge in [-0.1, -0.05) is 6.92 Å². The predicted molar refractivity (Wildman–Crippen MR) is 88.0 cm³/mol. The minimum absolute atomic E-state index is 0. The molecule has 1 aromatic rings. The van der Waals surface area contributed by atoms with Gasteiger partial charge in [-0.2, -0.15) is 4.31 Å². The van der Waals surface area contributed by atoms with Gasteiger partial charge < -0.3 is 10.5 Å². The normalized spacial score (nSPS) is 25.2. The van der Waals surface area contributed by atoms with Gasteiger partial charge in [0.2, 0.25) is 10.0 Å². The Labute approximate surface area is 138 Å². The SMILES string of the molecule is CC1CCN(S(=O)(=O)c2ccc3c(c2)CCO3)C(CN)C1.Cl. The van der Waals surface area contributed by atoms with Gasteiger partial charge in [0.15, 0.2) is 0 Å². The molecule has 2 N–H and O–H groups in total. The van der Waals surface area contributed by atoms with Crippen molar-refractivity contribution in [2.75, 3.05) is 19.7 Å². The third kappa shape index (κ3) is 3.11. The Kier molecular flexibility index (Phi) is 5.37. The van der Waals surface area contributed by atoms with E-state index in [4.69, 9.17) is 10.5 Å². The van der Waals surface area contributed by atoms with E-state index >= 15 is 0 Å². The molecule has 2 unspecified atom stereocenters. The quantitative estimate of drug-likeness (QED) is 0.905. The molecule has 22 heavy (non-hydrogen) atoms. The summed E-state index contributed by atoms with van der Waals surface area (Å²) in [5.74, 6) is 1.33. The van der Waals surface area contributed by atoms with Crippen molar-refractivity contribution in [3.8, 4) is 5.75 Å². The van der Waals surface area contributed by atoms with Gasteiger partial charge in [-0.05, 0) is 42.5 Å². The summed E-state index contributed by atoms with van der Waals surface area (Å²) in [6.07, 6.45) is 2.50. The fourth-order valence-electron chi connectivity index (χ4n) is 3.22. The van der Waals surface area contributed by atoms with E-state index in [0.717, 1.165) is 30.6 Å². The summed E-state index contributed by atoms with van der Waals surface area (Å²) in [6, 6.07) is 5.07. The monoisotopic (exact) mass is 346 g/mol. The maximum Gasteiger partial charge on any atom is 0.243 e. The molecule has 0 bridgehead atoms. The number of halogens is 1. The van der Waals surface area contributed by atoms with E-state index in [2.05, 4.69) is 6.92 Å². The van der Waals surface area contributed by atoms with Gasteiger partial charge in [0.1, 0.15) is 5.75 Å². The summed E-state index contributed by atoms with van der Waals surface area (Å²) < 4.78 is 32.8. The fraction of sp³-hybridized carbons (Fsp3) is 0.600. The highest BCUT2D eigenvalue weighted by Crippen LogP contribution is 2.32. The number of sulfonamides is 1. The molecule has 3 rings (SSSR count). The molecule has 0 aliphatic carbocycles. The van der Waals surface area contributed by atoms with Crippen molar-refractivity contribution in [3.63, 3.8) is 0 Å². The average molecular weight is 347 g/mol. The molecule has 1 fully saturated rings. The zero-order chi connectivity index (χ0) is 15.0. The lowest BCUT2D eigenvalue weighted by atomic mass is 9.94. The summed E-state index contributed by atoms with van der Waals surface area (Å²) in [6.45, 7) is 3.71. The van der Waals surface area contributed by atoms with E-state index in [1.165, 1.54) is 0 Å². The van der Waals surface area contributed by atoms with Crippen LogP contribution in [-0.2, 0) is 16.4 Å². The molecule has 2 atom stereocenters. The van der Waals surface area contributed by atoms with Crippen molar-refractivity contribution in [3.05, 3.63) is 23.8 Å². The second-order valence-electron chi connectivity index (χ2n) is 6.00. The topological polar surface area (TPSA) is 72.6 Å². The van der Waals surface area contributed by atoms with Crippen LogP contribution in [-0.4, -0.2) is 38.5 Å². The molecule has 2 heterocycles. The molecule has 0 saturated carbocycles. The van der Waals surface area contributed by atoms with Gasteiger partial charge in [0.25, 0.3) is 0 Å². The molecular formula is C15H23ClN2O3S. The maximum absolute atomic E-state index is 12.9. The van der Waals surface area contributed by atoms with Crippen molar-refractivity contribution in [2.24, 2.45) is 11.7 Å². The largest absolute Gasteiger partial charge is 0.493 e. The highest BCUT2D eigenvalue weighted by Gasteiger charge is 2.35. The molecule has 0 radical (unpaired) electrons. The Hall–Kier alpha value is -0.820. The van der Waals surface area contributed by atoms with Crippen molar-refractivity contribution < 1.29 is 13.2 Å². The van der Waals surface area contributed by atoms with Gasteiger partial charge in [-0.25, -0.2) is 8.42 Å². The van der Waals surface area contributed by atoms with Crippen LogP contribution in [0, 0.1) is 5.92 Å². The molecule has 2 aliphatic rings. The summed E-state index contributed by atoms with van der Waals surface area (Å²) in [4.78, 5) is 0.361. The van der Waals surface area contributed by atoms with Crippen LogP contribution in [0.2, 0.25) is 0 Å². The first-order chi connectivity index (χ1) is 10.0. The average Bonchev–Trinajstić information content (AvgIpc) is 2.94. The zero-order valence-corrected chi connectivity index (χ0v) is 14.3. The molecule has 1 aromatic carbocycles. The number of ether oxygens (including phenoxy) is 1. The lowest BCUT2D eigenvalue weighted by Crippen LogP contribution is -2.49. The molecule has 2 aliphatic heterocycles. The smallest absolute Gasteiger partial charge is 0.243 e. The second-order valence-corrected chi connectivity index (χ2v) is 7.89.